The summed E-state index contributed by atoms with van der Waals surface area (Å²) in [5.74, 6) is 0.518. The van der Waals surface area contributed by atoms with Crippen LogP contribution in [-0.4, -0.2) is 18.6 Å². The molecule has 0 aliphatic rings. The van der Waals surface area contributed by atoms with Crippen LogP contribution in [0.3, 0.4) is 0 Å². The van der Waals surface area contributed by atoms with E-state index in [2.05, 4.69) is 5.09 Å². The Hall–Kier alpha value is -1.12. The number of rotatable bonds is 6. The number of ether oxygens (including phenoxy) is 1. The molecule has 0 heterocycles. The lowest BCUT2D eigenvalue weighted by atomic mass is 10.3. The highest BCUT2D eigenvalue weighted by molar-refractivity contribution is 7.30. The summed E-state index contributed by atoms with van der Waals surface area (Å²) < 4.78 is 10.3. The molecule has 0 fully saturated rings. The normalized spacial score (nSPS) is 10.9. The number of nitrogens with one attached hydrogen (secondary N) is 1. The van der Waals surface area contributed by atoms with Gasteiger partial charge in [0.25, 0.3) is 0 Å². The van der Waals surface area contributed by atoms with E-state index >= 15 is 0 Å². The molecular weight excluding hydrogens is 225 g/mol. The van der Waals surface area contributed by atoms with E-state index in [-0.39, 0.29) is 27.6 Å². The van der Waals surface area contributed by atoms with Crippen molar-refractivity contribution in [3.8, 4) is 5.75 Å². The zero-order valence-corrected chi connectivity index (χ0v) is 10.4. The lowest BCUT2D eigenvalue weighted by Gasteiger charge is -2.09. The lowest BCUT2D eigenvalue weighted by Crippen LogP contribution is -2.22. The second-order valence-corrected chi connectivity index (χ2v) is 4.17. The number of para-hydroxylation sites is 1. The van der Waals surface area contributed by atoms with Gasteiger partial charge in [-0.05, 0) is 26.0 Å². The second kappa shape index (κ2) is 7.20. The molecule has 0 radical (unpaired) electrons. The Morgan fingerprint density at radius 1 is 1.38 bits per heavy atom. The van der Waals surface area contributed by atoms with Gasteiger partial charge in [0, 0.05) is 0 Å². The summed E-state index contributed by atoms with van der Waals surface area (Å²) in [5, 5.41) is 2.87. The van der Waals surface area contributed by atoms with Crippen LogP contribution in [0.1, 0.15) is 13.8 Å². The number of esters is 1. The zero-order valence-electron chi connectivity index (χ0n) is 9.40. The van der Waals surface area contributed by atoms with Gasteiger partial charge in [-0.1, -0.05) is 18.2 Å². The number of hydrogen-bond donors (Lipinski definition) is 1. The van der Waals surface area contributed by atoms with Gasteiger partial charge >= 0.3 is 5.97 Å². The van der Waals surface area contributed by atoms with Crippen LogP contribution >= 0.6 is 8.96 Å². The molecular formula is C11H16NO3P. The molecule has 88 valence electrons. The molecule has 1 rings (SSSR count). The van der Waals surface area contributed by atoms with Crippen LogP contribution in [0.15, 0.2) is 30.3 Å². The standard InChI is InChI=1S/C11H16NO3P/c1-9(2)14-11(13)8-12-16-15-10-6-4-3-5-7-10/h3-7,9,12,16H,8H2,1-2H3. The predicted octanol–water partition coefficient (Wildman–Crippen LogP) is 2.12. The van der Waals surface area contributed by atoms with Gasteiger partial charge in [0.15, 0.2) is 0 Å². The molecule has 4 nitrogen and oxygen atoms in total. The minimum Gasteiger partial charge on any atom is -0.462 e. The van der Waals surface area contributed by atoms with Crippen molar-refractivity contribution in [1.29, 1.82) is 0 Å². The van der Waals surface area contributed by atoms with E-state index in [9.17, 15) is 4.79 Å². The van der Waals surface area contributed by atoms with Gasteiger partial charge in [0.05, 0.1) is 12.6 Å². The van der Waals surface area contributed by atoms with Gasteiger partial charge in [0.1, 0.15) is 14.7 Å². The van der Waals surface area contributed by atoms with E-state index in [1.54, 1.807) is 0 Å². The molecule has 0 aliphatic heterocycles. The van der Waals surface area contributed by atoms with Crippen molar-refractivity contribution in [2.75, 3.05) is 6.54 Å². The Kier molecular flexibility index (Phi) is 5.83. The van der Waals surface area contributed by atoms with Crippen LogP contribution < -0.4 is 9.61 Å². The van der Waals surface area contributed by atoms with Gasteiger partial charge in [-0.3, -0.25) is 9.88 Å². The van der Waals surface area contributed by atoms with Crippen LogP contribution in [0.25, 0.3) is 0 Å². The summed E-state index contributed by atoms with van der Waals surface area (Å²) in [6, 6.07) is 9.44. The maximum atomic E-state index is 11.1. The van der Waals surface area contributed by atoms with E-state index in [1.165, 1.54) is 0 Å². The maximum absolute atomic E-state index is 11.1. The van der Waals surface area contributed by atoms with Crippen molar-refractivity contribution < 1.29 is 14.1 Å². The smallest absolute Gasteiger partial charge is 0.320 e. The predicted molar refractivity (Wildman–Crippen MR) is 64.6 cm³/mol. The lowest BCUT2D eigenvalue weighted by molar-refractivity contribution is -0.145. The van der Waals surface area contributed by atoms with Crippen LogP contribution in [-0.2, 0) is 9.53 Å². The fraction of sp³-hybridized carbons (Fsp3) is 0.364. The molecule has 0 amide bonds. The van der Waals surface area contributed by atoms with Gasteiger partial charge in [0.2, 0.25) is 0 Å². The summed E-state index contributed by atoms with van der Waals surface area (Å²) in [6.45, 7) is 3.81. The molecule has 5 heteroatoms. The fourth-order valence-electron chi connectivity index (χ4n) is 0.996. The summed E-state index contributed by atoms with van der Waals surface area (Å²) in [4.78, 5) is 11.1. The Balaban J connectivity index is 2.10. The number of hydrogen-bond acceptors (Lipinski definition) is 4. The summed E-state index contributed by atoms with van der Waals surface area (Å²) in [5.41, 5.74) is 0. The third-order valence-electron chi connectivity index (χ3n) is 1.58. The van der Waals surface area contributed by atoms with E-state index in [1.807, 2.05) is 44.2 Å². The average molecular weight is 241 g/mol. The van der Waals surface area contributed by atoms with Crippen molar-refractivity contribution in [3.63, 3.8) is 0 Å². The molecule has 0 bridgehead atoms. The van der Waals surface area contributed by atoms with Crippen LogP contribution in [0.5, 0.6) is 5.75 Å². The van der Waals surface area contributed by atoms with Crippen LogP contribution in [0.2, 0.25) is 0 Å². The minimum atomic E-state index is -0.265. The van der Waals surface area contributed by atoms with Crippen molar-refractivity contribution in [2.24, 2.45) is 0 Å². The van der Waals surface area contributed by atoms with Crippen molar-refractivity contribution in [2.45, 2.75) is 20.0 Å². The van der Waals surface area contributed by atoms with Crippen molar-refractivity contribution in [1.82, 2.24) is 5.09 Å². The third-order valence-corrected chi connectivity index (χ3v) is 2.24. The number of benzene rings is 1. The number of carbonyl (C=O) groups excluding carboxylic acids is 1. The molecule has 0 saturated heterocycles. The van der Waals surface area contributed by atoms with Gasteiger partial charge in [-0.2, -0.15) is 0 Å². The monoisotopic (exact) mass is 241 g/mol. The molecule has 16 heavy (non-hydrogen) atoms. The first-order valence-corrected chi connectivity index (χ1v) is 5.98. The van der Waals surface area contributed by atoms with E-state index in [0.29, 0.717) is 0 Å². The largest absolute Gasteiger partial charge is 0.462 e. The minimum absolute atomic E-state index is 0.0482. The Labute approximate surface area is 97.3 Å². The second-order valence-electron chi connectivity index (χ2n) is 3.41. The highest BCUT2D eigenvalue weighted by atomic mass is 31.1. The Morgan fingerprint density at radius 2 is 2.06 bits per heavy atom. The van der Waals surface area contributed by atoms with Crippen molar-refractivity contribution in [3.05, 3.63) is 30.3 Å². The van der Waals surface area contributed by atoms with Gasteiger partial charge in [-0.25, -0.2) is 0 Å². The third kappa shape index (κ3) is 5.69. The van der Waals surface area contributed by atoms with Crippen LogP contribution in [0, 0.1) is 0 Å². The molecule has 1 atom stereocenters. The van der Waals surface area contributed by atoms with E-state index in [4.69, 9.17) is 9.26 Å². The zero-order chi connectivity index (χ0) is 11.8. The van der Waals surface area contributed by atoms with E-state index < -0.39 is 0 Å². The maximum Gasteiger partial charge on any atom is 0.320 e. The molecule has 0 aromatic heterocycles. The molecule has 0 saturated carbocycles. The quantitative estimate of drug-likeness (QED) is 0.471. The first kappa shape index (κ1) is 12.9. The topological polar surface area (TPSA) is 47.6 Å². The van der Waals surface area contributed by atoms with E-state index in [0.717, 1.165) is 5.75 Å². The SMILES string of the molecule is CC(C)OC(=O)CNPOc1ccccc1. The molecule has 1 aromatic carbocycles. The first-order valence-electron chi connectivity index (χ1n) is 5.07. The highest BCUT2D eigenvalue weighted by Crippen LogP contribution is 2.16. The summed E-state index contributed by atoms with van der Waals surface area (Å²) in [7, 11) is 0.0482. The van der Waals surface area contributed by atoms with Gasteiger partial charge in [-0.15, -0.1) is 0 Å². The summed E-state index contributed by atoms with van der Waals surface area (Å²) >= 11 is 0. The van der Waals surface area contributed by atoms with Crippen LogP contribution in [0.4, 0.5) is 0 Å². The highest BCUT2D eigenvalue weighted by Gasteiger charge is 2.04. The van der Waals surface area contributed by atoms with Gasteiger partial charge < -0.3 is 9.26 Å². The molecule has 1 N–H and O–H groups in total. The first-order chi connectivity index (χ1) is 7.68. The fourth-order valence-corrected chi connectivity index (χ4v) is 1.54. The summed E-state index contributed by atoms with van der Waals surface area (Å²) in [6.07, 6.45) is -0.0762. The molecule has 1 unspecified atom stereocenters. The Bertz CT molecular complexity index is 316. The molecule has 0 aliphatic carbocycles. The average Bonchev–Trinajstić information content (AvgIpc) is 2.25. The number of carbonyl (C=O) groups is 1. The molecule has 0 spiro atoms. The van der Waals surface area contributed by atoms with Crippen molar-refractivity contribution >= 4 is 14.9 Å². The Morgan fingerprint density at radius 3 is 2.69 bits per heavy atom. The molecule has 1 aromatic rings.